The van der Waals surface area contributed by atoms with Crippen molar-refractivity contribution in [3.8, 4) is 0 Å². The Morgan fingerprint density at radius 1 is 0.654 bits per heavy atom. The van der Waals surface area contributed by atoms with Crippen LogP contribution in [0.15, 0.2) is 0 Å². The van der Waals surface area contributed by atoms with Crippen molar-refractivity contribution in [1.82, 2.24) is 0 Å². The molecule has 4 aliphatic carbocycles. The summed E-state index contributed by atoms with van der Waals surface area (Å²) in [7, 11) is 0. The molecular weight excluding hydrogens is 344 g/mol. The van der Waals surface area contributed by atoms with Gasteiger partial charge in [-0.15, -0.1) is 0 Å². The number of hydrogen-bond acceptors (Lipinski definition) is 5. The lowest BCUT2D eigenvalue weighted by Gasteiger charge is -2.65. The molecule has 8 nitrogen and oxygen atoms in total. The predicted molar refractivity (Wildman–Crippen MR) is 86.2 cm³/mol. The predicted octanol–water partition coefficient (Wildman–Crippen LogP) is 1.91. The van der Waals surface area contributed by atoms with Gasteiger partial charge in [-0.1, -0.05) is 0 Å². The summed E-state index contributed by atoms with van der Waals surface area (Å²) in [6, 6.07) is 0. The molecule has 0 heterocycles. The van der Waals surface area contributed by atoms with Crippen molar-refractivity contribution in [2.24, 2.45) is 21.7 Å². The molecule has 0 aromatic heterocycles. The number of carboxylic acid groups (broad SMARTS) is 3. The maximum absolute atomic E-state index is 13.0. The molecule has 4 rings (SSSR count). The van der Waals surface area contributed by atoms with E-state index >= 15 is 0 Å². The van der Waals surface area contributed by atoms with E-state index in [1.54, 1.807) is 20.8 Å². The molecule has 0 radical (unpaired) electrons. The second kappa shape index (κ2) is 4.98. The molecule has 4 bridgehead atoms. The number of rotatable bonds is 4. The van der Waals surface area contributed by atoms with Gasteiger partial charge in [0.2, 0.25) is 0 Å². The van der Waals surface area contributed by atoms with E-state index in [1.807, 2.05) is 0 Å². The third kappa shape index (κ3) is 2.41. The molecule has 3 N–H and O–H groups in total. The number of carboxylic acids is 3. The number of ether oxygens (including phenoxy) is 1. The Balaban J connectivity index is 2.18. The lowest BCUT2D eigenvalue weighted by atomic mass is 9.35. The molecule has 4 aliphatic rings. The average molecular weight is 368 g/mol. The van der Waals surface area contributed by atoms with Crippen molar-refractivity contribution < 1.29 is 39.2 Å². The number of aliphatic carboxylic acids is 3. The molecule has 0 atom stereocenters. The highest BCUT2D eigenvalue weighted by molar-refractivity contribution is 5.90. The first kappa shape index (κ1) is 18.7. The Morgan fingerprint density at radius 3 is 1.15 bits per heavy atom. The Morgan fingerprint density at radius 2 is 0.923 bits per heavy atom. The molecule has 4 fully saturated rings. The van der Waals surface area contributed by atoms with Gasteiger partial charge in [0.25, 0.3) is 0 Å². The summed E-state index contributed by atoms with van der Waals surface area (Å²) in [6.07, 6.45) is -0.671. The monoisotopic (exact) mass is 368 g/mol. The van der Waals surface area contributed by atoms with Crippen molar-refractivity contribution in [3.63, 3.8) is 0 Å². The quantitative estimate of drug-likeness (QED) is 0.640. The molecule has 0 saturated heterocycles. The lowest BCUT2D eigenvalue weighted by molar-refractivity contribution is -0.234. The van der Waals surface area contributed by atoms with Gasteiger partial charge in [0, 0.05) is 0 Å². The molecular formula is C18H24O8. The van der Waals surface area contributed by atoms with Crippen LogP contribution in [0.2, 0.25) is 0 Å². The summed E-state index contributed by atoms with van der Waals surface area (Å²) >= 11 is 0. The van der Waals surface area contributed by atoms with Crippen LogP contribution in [0.3, 0.4) is 0 Å². The summed E-state index contributed by atoms with van der Waals surface area (Å²) < 4.78 is 5.48. The molecule has 8 heteroatoms. The minimum Gasteiger partial charge on any atom is -0.481 e. The Hall–Kier alpha value is -2.12. The van der Waals surface area contributed by atoms with Crippen LogP contribution in [-0.2, 0) is 23.9 Å². The van der Waals surface area contributed by atoms with Gasteiger partial charge < -0.3 is 20.1 Å². The molecule has 0 amide bonds. The van der Waals surface area contributed by atoms with Crippen LogP contribution in [-0.4, -0.2) is 44.8 Å². The minimum absolute atomic E-state index is 0.0751. The molecule has 0 spiro atoms. The SMILES string of the molecule is CC(C)(C)OC(=O)C12CC3(C(=O)O)CC(C(=O)O)(CC(C(=O)O)(C3)C1)C2. The van der Waals surface area contributed by atoms with Crippen molar-refractivity contribution in [2.45, 2.75) is 64.9 Å². The highest BCUT2D eigenvalue weighted by Crippen LogP contribution is 2.74. The van der Waals surface area contributed by atoms with Gasteiger partial charge in [-0.05, 0) is 59.3 Å². The minimum atomic E-state index is -1.54. The van der Waals surface area contributed by atoms with Crippen LogP contribution in [0.25, 0.3) is 0 Å². The highest BCUT2D eigenvalue weighted by atomic mass is 16.6. The largest absolute Gasteiger partial charge is 0.481 e. The van der Waals surface area contributed by atoms with Gasteiger partial charge in [0.15, 0.2) is 0 Å². The first-order valence-corrected chi connectivity index (χ1v) is 8.64. The zero-order valence-corrected chi connectivity index (χ0v) is 15.1. The summed E-state index contributed by atoms with van der Waals surface area (Å²) in [4.78, 5) is 49.3. The second-order valence-electron chi connectivity index (χ2n) is 9.60. The van der Waals surface area contributed by atoms with Crippen molar-refractivity contribution in [3.05, 3.63) is 0 Å². The first-order valence-electron chi connectivity index (χ1n) is 8.64. The van der Waals surface area contributed by atoms with E-state index in [9.17, 15) is 34.5 Å². The highest BCUT2D eigenvalue weighted by Gasteiger charge is 2.76. The van der Waals surface area contributed by atoms with Crippen LogP contribution in [0, 0.1) is 21.7 Å². The van der Waals surface area contributed by atoms with Crippen molar-refractivity contribution >= 4 is 23.9 Å². The maximum Gasteiger partial charge on any atom is 0.312 e. The summed E-state index contributed by atoms with van der Waals surface area (Å²) in [6.45, 7) is 4.99. The Bertz CT molecular complexity index is 633. The fourth-order valence-electron chi connectivity index (χ4n) is 5.92. The zero-order valence-electron chi connectivity index (χ0n) is 15.1. The molecule has 144 valence electrons. The lowest BCUT2D eigenvalue weighted by Crippen LogP contribution is -2.68. The van der Waals surface area contributed by atoms with Crippen LogP contribution in [0.1, 0.15) is 59.3 Å². The molecule has 0 aliphatic heterocycles. The van der Waals surface area contributed by atoms with Crippen LogP contribution in [0.5, 0.6) is 0 Å². The van der Waals surface area contributed by atoms with Gasteiger partial charge in [0.05, 0.1) is 21.7 Å². The smallest absolute Gasteiger partial charge is 0.312 e. The second-order valence-corrected chi connectivity index (χ2v) is 9.60. The van der Waals surface area contributed by atoms with Gasteiger partial charge in [-0.25, -0.2) is 0 Å². The molecule has 4 saturated carbocycles. The van der Waals surface area contributed by atoms with E-state index in [0.717, 1.165) is 0 Å². The third-order valence-corrected chi connectivity index (χ3v) is 6.25. The third-order valence-electron chi connectivity index (χ3n) is 6.25. The van der Waals surface area contributed by atoms with Crippen LogP contribution >= 0.6 is 0 Å². The first-order chi connectivity index (χ1) is 11.7. The molecule has 26 heavy (non-hydrogen) atoms. The van der Waals surface area contributed by atoms with E-state index in [4.69, 9.17) is 4.74 Å². The van der Waals surface area contributed by atoms with Crippen molar-refractivity contribution in [2.75, 3.05) is 0 Å². The van der Waals surface area contributed by atoms with E-state index < -0.39 is 51.1 Å². The fraction of sp³-hybridized carbons (Fsp3) is 0.778. The topological polar surface area (TPSA) is 138 Å². The van der Waals surface area contributed by atoms with Gasteiger partial charge in [-0.3, -0.25) is 19.2 Å². The normalized spacial score (nSPS) is 40.9. The Labute approximate surface area is 150 Å². The molecule has 0 unspecified atom stereocenters. The van der Waals surface area contributed by atoms with Crippen LogP contribution < -0.4 is 0 Å². The van der Waals surface area contributed by atoms with E-state index in [-0.39, 0.29) is 38.5 Å². The maximum atomic E-state index is 13.0. The molecule has 0 aromatic carbocycles. The number of carbonyl (C=O) groups is 4. The standard InChI is InChI=1S/C18H24O8/c1-14(2,3)26-13(25)18-7-15(10(19)20)4-16(8-18,11(21)22)6-17(5-15,9-18)12(23)24/h4-9H2,1-3H3,(H,19,20)(H,21,22)(H,23,24). The zero-order chi connectivity index (χ0) is 19.8. The van der Waals surface area contributed by atoms with Gasteiger partial charge >= 0.3 is 23.9 Å². The van der Waals surface area contributed by atoms with Gasteiger partial charge in [-0.2, -0.15) is 0 Å². The average Bonchev–Trinajstić information content (AvgIpc) is 2.43. The number of esters is 1. The van der Waals surface area contributed by atoms with Crippen LogP contribution in [0.4, 0.5) is 0 Å². The molecule has 0 aromatic rings. The number of carbonyl (C=O) groups excluding carboxylic acids is 1. The van der Waals surface area contributed by atoms with E-state index in [2.05, 4.69) is 0 Å². The fourth-order valence-corrected chi connectivity index (χ4v) is 5.92. The summed E-state index contributed by atoms with van der Waals surface area (Å²) in [5.41, 5.74) is -6.87. The number of hydrogen-bond donors (Lipinski definition) is 3. The Kier molecular flexibility index (Phi) is 3.58. The summed E-state index contributed by atoms with van der Waals surface area (Å²) in [5, 5.41) is 29.6. The van der Waals surface area contributed by atoms with E-state index in [0.29, 0.717) is 0 Å². The van der Waals surface area contributed by atoms with Crippen molar-refractivity contribution in [1.29, 1.82) is 0 Å². The van der Waals surface area contributed by atoms with Gasteiger partial charge in [0.1, 0.15) is 5.60 Å². The van der Waals surface area contributed by atoms with E-state index in [1.165, 1.54) is 0 Å². The summed E-state index contributed by atoms with van der Waals surface area (Å²) in [5.74, 6) is -4.40.